The Labute approximate surface area is 140 Å². The number of hydrogen-bond acceptors (Lipinski definition) is 5. The van der Waals surface area contributed by atoms with Crippen LogP contribution in [0.5, 0.6) is 0 Å². The average molecular weight is 324 g/mol. The summed E-state index contributed by atoms with van der Waals surface area (Å²) in [6.45, 7) is 4.86. The van der Waals surface area contributed by atoms with E-state index in [2.05, 4.69) is 20.5 Å². The fourth-order valence-corrected chi connectivity index (χ4v) is 3.08. The number of nitrogens with one attached hydrogen (secondary N) is 2. The first kappa shape index (κ1) is 15.1. The van der Waals surface area contributed by atoms with Gasteiger partial charge in [0, 0.05) is 31.7 Å². The number of nitrogens with zero attached hydrogens (tertiary/aromatic N) is 2. The third-order valence-electron chi connectivity index (χ3n) is 4.44. The van der Waals surface area contributed by atoms with Crippen molar-refractivity contribution in [2.75, 3.05) is 36.5 Å². The summed E-state index contributed by atoms with van der Waals surface area (Å²) in [5, 5.41) is 6.20. The van der Waals surface area contributed by atoms with Gasteiger partial charge in [-0.3, -0.25) is 4.79 Å². The zero-order valence-electron chi connectivity index (χ0n) is 13.4. The zero-order valence-corrected chi connectivity index (χ0v) is 13.4. The summed E-state index contributed by atoms with van der Waals surface area (Å²) in [6, 6.07) is 9.68. The molecule has 1 amide bonds. The molecule has 2 aliphatic heterocycles. The van der Waals surface area contributed by atoms with Crippen molar-refractivity contribution in [1.29, 1.82) is 0 Å². The molecule has 2 N–H and O–H groups in total. The summed E-state index contributed by atoms with van der Waals surface area (Å²) in [5.74, 6) is 0.811. The highest BCUT2D eigenvalue weighted by Crippen LogP contribution is 2.19. The quantitative estimate of drug-likeness (QED) is 0.901. The molecular formula is C18H20N4O2. The van der Waals surface area contributed by atoms with E-state index in [1.165, 1.54) is 11.1 Å². The molecule has 2 aromatic rings. The van der Waals surface area contributed by atoms with Crippen LogP contribution in [-0.4, -0.2) is 37.2 Å². The Morgan fingerprint density at radius 1 is 1.12 bits per heavy atom. The second-order valence-electron chi connectivity index (χ2n) is 6.05. The van der Waals surface area contributed by atoms with E-state index < -0.39 is 0 Å². The molecule has 0 atom stereocenters. The number of amides is 1. The summed E-state index contributed by atoms with van der Waals surface area (Å²) < 4.78 is 5.35. The molecule has 1 aromatic heterocycles. The van der Waals surface area contributed by atoms with Gasteiger partial charge in [-0.1, -0.05) is 6.07 Å². The van der Waals surface area contributed by atoms with Gasteiger partial charge in [0.1, 0.15) is 5.82 Å². The average Bonchev–Trinajstić information content (AvgIpc) is 3.11. The van der Waals surface area contributed by atoms with Crippen molar-refractivity contribution >= 4 is 17.4 Å². The number of benzene rings is 1. The number of aromatic nitrogens is 1. The zero-order chi connectivity index (χ0) is 16.4. The first-order chi connectivity index (χ1) is 11.8. The van der Waals surface area contributed by atoms with Gasteiger partial charge in [-0.25, -0.2) is 4.98 Å². The van der Waals surface area contributed by atoms with Gasteiger partial charge >= 0.3 is 0 Å². The first-order valence-corrected chi connectivity index (χ1v) is 8.22. The smallest absolute Gasteiger partial charge is 0.255 e. The summed E-state index contributed by atoms with van der Waals surface area (Å²) in [4.78, 5) is 19.1. The van der Waals surface area contributed by atoms with Crippen LogP contribution in [0.4, 0.5) is 11.5 Å². The maximum absolute atomic E-state index is 12.4. The summed E-state index contributed by atoms with van der Waals surface area (Å²) in [5.41, 5.74) is 3.84. The number of morpholine rings is 1. The topological polar surface area (TPSA) is 66.5 Å². The van der Waals surface area contributed by atoms with Crippen molar-refractivity contribution in [3.05, 3.63) is 53.2 Å². The molecule has 2 aliphatic rings. The second kappa shape index (κ2) is 6.59. The maximum Gasteiger partial charge on any atom is 0.255 e. The minimum atomic E-state index is -0.106. The van der Waals surface area contributed by atoms with Crippen molar-refractivity contribution < 1.29 is 9.53 Å². The van der Waals surface area contributed by atoms with E-state index in [4.69, 9.17) is 4.74 Å². The lowest BCUT2D eigenvalue weighted by Crippen LogP contribution is -2.36. The summed E-state index contributed by atoms with van der Waals surface area (Å²) in [7, 11) is 0. The van der Waals surface area contributed by atoms with E-state index in [0.29, 0.717) is 11.3 Å². The third-order valence-corrected chi connectivity index (χ3v) is 4.44. The molecule has 1 saturated heterocycles. The van der Waals surface area contributed by atoms with Gasteiger partial charge < -0.3 is 20.3 Å². The fraction of sp³-hybridized carbons (Fsp3) is 0.333. The molecule has 4 rings (SSSR count). The molecule has 24 heavy (non-hydrogen) atoms. The lowest BCUT2D eigenvalue weighted by molar-refractivity contribution is 0.102. The predicted octanol–water partition coefficient (Wildman–Crippen LogP) is 1.77. The van der Waals surface area contributed by atoms with E-state index in [1.807, 2.05) is 30.3 Å². The molecule has 3 heterocycles. The molecule has 6 nitrogen and oxygen atoms in total. The van der Waals surface area contributed by atoms with Crippen LogP contribution in [0.25, 0.3) is 0 Å². The Morgan fingerprint density at radius 3 is 2.75 bits per heavy atom. The van der Waals surface area contributed by atoms with E-state index in [-0.39, 0.29) is 5.91 Å². The van der Waals surface area contributed by atoms with E-state index in [9.17, 15) is 4.79 Å². The van der Waals surface area contributed by atoms with Gasteiger partial charge in [-0.05, 0) is 35.4 Å². The number of carbonyl (C=O) groups excluding carboxylic acids is 1. The number of hydrogen-bond donors (Lipinski definition) is 2. The molecule has 0 radical (unpaired) electrons. The predicted molar refractivity (Wildman–Crippen MR) is 92.2 cm³/mol. The number of ether oxygens (including phenoxy) is 1. The molecule has 6 heteroatoms. The van der Waals surface area contributed by atoms with Crippen LogP contribution in [0.1, 0.15) is 21.5 Å². The van der Waals surface area contributed by atoms with Crippen molar-refractivity contribution in [2.24, 2.45) is 0 Å². The monoisotopic (exact) mass is 324 g/mol. The number of carbonyl (C=O) groups is 1. The minimum absolute atomic E-state index is 0.106. The Kier molecular flexibility index (Phi) is 4.15. The van der Waals surface area contributed by atoms with Gasteiger partial charge in [0.15, 0.2) is 0 Å². The van der Waals surface area contributed by atoms with Crippen LogP contribution >= 0.6 is 0 Å². The highest BCUT2D eigenvalue weighted by Gasteiger charge is 2.15. The van der Waals surface area contributed by atoms with Gasteiger partial charge in [0.05, 0.1) is 25.1 Å². The van der Waals surface area contributed by atoms with Gasteiger partial charge in [-0.2, -0.15) is 0 Å². The van der Waals surface area contributed by atoms with Crippen LogP contribution in [0, 0.1) is 0 Å². The normalized spacial score (nSPS) is 16.8. The molecular weight excluding hydrogens is 304 g/mol. The van der Waals surface area contributed by atoms with Gasteiger partial charge in [-0.15, -0.1) is 0 Å². The highest BCUT2D eigenvalue weighted by atomic mass is 16.5. The van der Waals surface area contributed by atoms with E-state index in [0.717, 1.165) is 45.2 Å². The second-order valence-corrected chi connectivity index (χ2v) is 6.05. The van der Waals surface area contributed by atoms with Crippen LogP contribution in [0.2, 0.25) is 0 Å². The summed E-state index contributed by atoms with van der Waals surface area (Å²) >= 11 is 0. The third kappa shape index (κ3) is 3.11. The Morgan fingerprint density at radius 2 is 1.96 bits per heavy atom. The van der Waals surface area contributed by atoms with Crippen LogP contribution in [-0.2, 0) is 17.8 Å². The van der Waals surface area contributed by atoms with Crippen LogP contribution in [0.15, 0.2) is 36.5 Å². The van der Waals surface area contributed by atoms with Crippen molar-refractivity contribution in [1.82, 2.24) is 10.3 Å². The number of rotatable bonds is 3. The molecule has 1 aromatic carbocycles. The van der Waals surface area contributed by atoms with Crippen molar-refractivity contribution in [3.63, 3.8) is 0 Å². The first-order valence-electron chi connectivity index (χ1n) is 8.22. The van der Waals surface area contributed by atoms with Gasteiger partial charge in [0.25, 0.3) is 5.91 Å². The van der Waals surface area contributed by atoms with Crippen molar-refractivity contribution in [2.45, 2.75) is 13.1 Å². The lowest BCUT2D eigenvalue weighted by Gasteiger charge is -2.27. The minimum Gasteiger partial charge on any atom is -0.378 e. The molecule has 0 spiro atoms. The van der Waals surface area contributed by atoms with Crippen LogP contribution in [0.3, 0.4) is 0 Å². The van der Waals surface area contributed by atoms with Crippen molar-refractivity contribution in [3.8, 4) is 0 Å². The molecule has 0 bridgehead atoms. The maximum atomic E-state index is 12.4. The Balaban J connectivity index is 1.44. The SMILES string of the molecule is O=C(Nc1ccc(N2CCOCC2)nc1)c1ccc2c(c1)CNC2. The molecule has 0 saturated carbocycles. The molecule has 1 fully saturated rings. The molecule has 0 aliphatic carbocycles. The number of pyridine rings is 1. The highest BCUT2D eigenvalue weighted by molar-refractivity contribution is 6.04. The Hall–Kier alpha value is -2.44. The van der Waals surface area contributed by atoms with Gasteiger partial charge in [0.2, 0.25) is 0 Å². The fourth-order valence-electron chi connectivity index (χ4n) is 3.08. The summed E-state index contributed by atoms with van der Waals surface area (Å²) in [6.07, 6.45) is 1.71. The number of anilines is 2. The lowest BCUT2D eigenvalue weighted by atomic mass is 10.1. The Bertz CT molecular complexity index is 739. The van der Waals surface area contributed by atoms with E-state index >= 15 is 0 Å². The molecule has 124 valence electrons. The number of fused-ring (bicyclic) bond motifs is 1. The molecule has 0 unspecified atom stereocenters. The standard InChI is InChI=1S/C18H20N4O2/c23-18(13-1-2-14-10-19-11-15(14)9-13)21-16-3-4-17(20-12-16)22-5-7-24-8-6-22/h1-4,9,12,19H,5-8,10-11H2,(H,21,23). The van der Waals surface area contributed by atoms with Crippen LogP contribution < -0.4 is 15.5 Å². The largest absolute Gasteiger partial charge is 0.378 e. The van der Waals surface area contributed by atoms with E-state index in [1.54, 1.807) is 6.20 Å².